The number of thiazole rings is 1. The molecule has 2 aromatic carbocycles. The first-order valence-corrected chi connectivity index (χ1v) is 13.4. The summed E-state index contributed by atoms with van der Waals surface area (Å²) in [6.45, 7) is 0.949. The number of nitriles is 1. The summed E-state index contributed by atoms with van der Waals surface area (Å²) in [5, 5.41) is 9.51. The SMILES string of the molecule is CCOC(=O)C1=C(C(F)(F)F)N=c2s/c(=C\c3cc(Cl)cc(Br)c3OCC#N)c(=O)n2[C@@H]1c1ccc(Cl)cc1. The lowest BCUT2D eigenvalue weighted by molar-refractivity contribution is -0.140. The van der Waals surface area contributed by atoms with Crippen molar-refractivity contribution in [3.63, 3.8) is 0 Å². The highest BCUT2D eigenvalue weighted by Crippen LogP contribution is 2.39. The number of rotatable bonds is 6. The van der Waals surface area contributed by atoms with Crippen LogP contribution in [0.15, 0.2) is 61.9 Å². The van der Waals surface area contributed by atoms with E-state index >= 15 is 0 Å². The predicted molar refractivity (Wildman–Crippen MR) is 142 cm³/mol. The second kappa shape index (κ2) is 11.6. The maximum absolute atomic E-state index is 14.2. The molecular weight excluding hydrogens is 646 g/mol. The third-order valence-corrected chi connectivity index (χ3v) is 7.43. The van der Waals surface area contributed by atoms with E-state index in [-0.39, 0.29) is 38.9 Å². The monoisotopic (exact) mass is 659 g/mol. The first-order valence-electron chi connectivity index (χ1n) is 11.0. The molecule has 0 unspecified atom stereocenters. The fraction of sp³-hybridized carbons (Fsp3) is 0.200. The summed E-state index contributed by atoms with van der Waals surface area (Å²) < 4.78 is 54.5. The van der Waals surface area contributed by atoms with Crippen LogP contribution in [0.5, 0.6) is 5.75 Å². The summed E-state index contributed by atoms with van der Waals surface area (Å²) in [5.41, 5.74) is -2.52. The lowest BCUT2D eigenvalue weighted by Crippen LogP contribution is -2.41. The lowest BCUT2D eigenvalue weighted by atomic mass is 9.95. The third kappa shape index (κ3) is 5.91. The first kappa shape index (κ1) is 28.9. The molecule has 2 heterocycles. The van der Waals surface area contributed by atoms with E-state index < -0.39 is 35.0 Å². The summed E-state index contributed by atoms with van der Waals surface area (Å²) in [7, 11) is 0. The zero-order valence-electron chi connectivity index (χ0n) is 19.7. The minimum absolute atomic E-state index is 0.0182. The van der Waals surface area contributed by atoms with E-state index in [9.17, 15) is 22.8 Å². The van der Waals surface area contributed by atoms with Gasteiger partial charge in [0, 0.05) is 15.6 Å². The van der Waals surface area contributed by atoms with Gasteiger partial charge in [-0.15, -0.1) is 0 Å². The minimum Gasteiger partial charge on any atom is -0.477 e. The number of benzene rings is 2. The van der Waals surface area contributed by atoms with Gasteiger partial charge in [-0.3, -0.25) is 9.36 Å². The molecule has 1 aliphatic rings. The van der Waals surface area contributed by atoms with Crippen molar-refractivity contribution >= 4 is 62.5 Å². The van der Waals surface area contributed by atoms with E-state index in [0.29, 0.717) is 26.4 Å². The quantitative estimate of drug-likeness (QED) is 0.334. The molecule has 0 radical (unpaired) electrons. The highest BCUT2D eigenvalue weighted by molar-refractivity contribution is 9.10. The smallest absolute Gasteiger partial charge is 0.434 e. The molecule has 1 aromatic heterocycles. The Morgan fingerprint density at radius 2 is 1.95 bits per heavy atom. The number of esters is 1. The molecule has 1 atom stereocenters. The Labute approximate surface area is 241 Å². The van der Waals surface area contributed by atoms with Crippen molar-refractivity contribution in [2.75, 3.05) is 13.2 Å². The largest absolute Gasteiger partial charge is 0.477 e. The molecule has 0 spiro atoms. The zero-order chi connectivity index (χ0) is 28.5. The number of aromatic nitrogens is 1. The fourth-order valence-corrected chi connectivity index (χ4v) is 5.95. The van der Waals surface area contributed by atoms with Gasteiger partial charge in [-0.25, -0.2) is 9.79 Å². The summed E-state index contributed by atoms with van der Waals surface area (Å²) in [6.07, 6.45) is -3.66. The van der Waals surface area contributed by atoms with Gasteiger partial charge in [0.25, 0.3) is 5.56 Å². The lowest BCUT2D eigenvalue weighted by Gasteiger charge is -2.26. The predicted octanol–water partition coefficient (Wildman–Crippen LogP) is 5.31. The highest BCUT2D eigenvalue weighted by atomic mass is 79.9. The van der Waals surface area contributed by atoms with Gasteiger partial charge in [-0.2, -0.15) is 18.4 Å². The number of hydrogen-bond acceptors (Lipinski definition) is 7. The molecule has 4 rings (SSSR count). The summed E-state index contributed by atoms with van der Waals surface area (Å²) in [5.74, 6) is -1.06. The van der Waals surface area contributed by atoms with Gasteiger partial charge in [-0.1, -0.05) is 46.7 Å². The Morgan fingerprint density at radius 1 is 1.26 bits per heavy atom. The number of hydrogen-bond donors (Lipinski definition) is 0. The summed E-state index contributed by atoms with van der Waals surface area (Å²) in [6, 6.07) is 9.04. The molecule has 1 aliphatic heterocycles. The average molecular weight is 661 g/mol. The first-order chi connectivity index (χ1) is 18.5. The van der Waals surface area contributed by atoms with Crippen molar-refractivity contribution < 1.29 is 27.4 Å². The number of fused-ring (bicyclic) bond motifs is 1. The van der Waals surface area contributed by atoms with Crippen molar-refractivity contribution in [2.24, 2.45) is 4.99 Å². The van der Waals surface area contributed by atoms with Crippen LogP contribution in [-0.2, 0) is 9.53 Å². The van der Waals surface area contributed by atoms with E-state index in [1.54, 1.807) is 0 Å². The van der Waals surface area contributed by atoms with Gasteiger partial charge in [0.05, 0.1) is 27.2 Å². The van der Waals surface area contributed by atoms with E-state index in [1.807, 2.05) is 6.07 Å². The Hall–Kier alpha value is -3.11. The molecule has 0 bridgehead atoms. The molecule has 0 aliphatic carbocycles. The molecule has 39 heavy (non-hydrogen) atoms. The van der Waals surface area contributed by atoms with E-state index in [2.05, 4.69) is 20.9 Å². The van der Waals surface area contributed by atoms with Gasteiger partial charge in [-0.05, 0) is 58.8 Å². The molecule has 3 aromatic rings. The maximum atomic E-state index is 14.2. The summed E-state index contributed by atoms with van der Waals surface area (Å²) >= 11 is 16.1. The van der Waals surface area contributed by atoms with Gasteiger partial charge in [0.2, 0.25) is 0 Å². The number of allylic oxidation sites excluding steroid dienone is 1. The molecule has 0 fully saturated rings. The van der Waals surface area contributed by atoms with Crippen LogP contribution in [-0.4, -0.2) is 29.9 Å². The number of halogens is 6. The van der Waals surface area contributed by atoms with Crippen LogP contribution in [0.3, 0.4) is 0 Å². The van der Waals surface area contributed by atoms with Crippen molar-refractivity contribution in [3.05, 3.63) is 93.0 Å². The van der Waals surface area contributed by atoms with Gasteiger partial charge < -0.3 is 9.47 Å². The second-order valence-corrected chi connectivity index (χ2v) is 10.6. The van der Waals surface area contributed by atoms with E-state index in [1.165, 1.54) is 49.4 Å². The molecule has 7 nitrogen and oxygen atoms in total. The van der Waals surface area contributed by atoms with Crippen LogP contribution in [0.2, 0.25) is 10.0 Å². The van der Waals surface area contributed by atoms with Crippen molar-refractivity contribution in [1.82, 2.24) is 4.57 Å². The molecule has 0 N–H and O–H groups in total. The Balaban J connectivity index is 2.05. The van der Waals surface area contributed by atoms with E-state index in [0.717, 1.165) is 4.57 Å². The van der Waals surface area contributed by atoms with Crippen LogP contribution < -0.4 is 19.6 Å². The second-order valence-electron chi connectivity index (χ2n) is 7.87. The molecule has 0 amide bonds. The normalized spacial score (nSPS) is 15.4. The topological polar surface area (TPSA) is 93.7 Å². The van der Waals surface area contributed by atoms with Crippen molar-refractivity contribution in [1.29, 1.82) is 5.26 Å². The number of carbonyl (C=O) groups excluding carboxylic acids is 1. The molecule has 0 saturated heterocycles. The Kier molecular flexibility index (Phi) is 8.56. The van der Waals surface area contributed by atoms with Crippen LogP contribution in [0.4, 0.5) is 13.2 Å². The van der Waals surface area contributed by atoms with Gasteiger partial charge in [0.1, 0.15) is 11.8 Å². The highest BCUT2D eigenvalue weighted by Gasteiger charge is 2.45. The number of alkyl halides is 3. The zero-order valence-corrected chi connectivity index (χ0v) is 23.6. The Bertz CT molecular complexity index is 1710. The maximum Gasteiger partial charge on any atom is 0.434 e. The van der Waals surface area contributed by atoms with Crippen LogP contribution in [0.25, 0.3) is 6.08 Å². The van der Waals surface area contributed by atoms with Gasteiger partial charge in [0.15, 0.2) is 17.1 Å². The molecule has 0 saturated carbocycles. The number of nitrogens with zero attached hydrogens (tertiary/aromatic N) is 3. The van der Waals surface area contributed by atoms with Crippen molar-refractivity contribution in [3.8, 4) is 11.8 Å². The average Bonchev–Trinajstić information content (AvgIpc) is 3.17. The number of carbonyl (C=O) groups is 1. The van der Waals surface area contributed by atoms with Crippen LogP contribution >= 0.6 is 50.5 Å². The molecular formula is C25H15BrCl2F3N3O4S. The van der Waals surface area contributed by atoms with Crippen LogP contribution in [0, 0.1) is 11.3 Å². The molecule has 14 heteroatoms. The van der Waals surface area contributed by atoms with Gasteiger partial charge >= 0.3 is 12.1 Å². The number of ether oxygens (including phenoxy) is 2. The third-order valence-electron chi connectivity index (χ3n) is 5.39. The summed E-state index contributed by atoms with van der Waals surface area (Å²) in [4.78, 5) is 30.0. The van der Waals surface area contributed by atoms with Crippen LogP contribution in [0.1, 0.15) is 24.1 Å². The fourth-order valence-electron chi connectivity index (χ4n) is 3.89. The Morgan fingerprint density at radius 3 is 2.56 bits per heavy atom. The standard InChI is InChI=1S/C25H15BrCl2F3N3O4S/c1-2-37-23(36)18-19(12-3-5-14(27)6-4-12)34-22(35)17(39-24(34)33-21(18)25(29,30)31)10-13-9-15(28)11-16(26)20(13)38-8-7-32/h3-6,9-11,19H,2,8H2,1H3/b17-10-/t19-/m1/s1. The minimum atomic E-state index is -5.03. The van der Waals surface area contributed by atoms with Crippen molar-refractivity contribution in [2.45, 2.75) is 19.1 Å². The van der Waals surface area contributed by atoms with E-state index in [4.69, 9.17) is 37.9 Å². The molecule has 202 valence electrons.